The summed E-state index contributed by atoms with van der Waals surface area (Å²) in [4.78, 5) is 16.3. The number of sulfonamides is 1. The molecule has 0 unspecified atom stereocenters. The number of hydrogen-bond acceptors (Lipinski definition) is 5. The average molecular weight is 365 g/mol. The first kappa shape index (κ1) is 16.4. The second-order valence-corrected chi connectivity index (χ2v) is 7.38. The van der Waals surface area contributed by atoms with E-state index in [0.717, 1.165) is 0 Å². The monoisotopic (exact) mass is 364 g/mol. The van der Waals surface area contributed by atoms with Gasteiger partial charge in [-0.3, -0.25) is 9.48 Å². The fourth-order valence-electron chi connectivity index (χ4n) is 2.25. The van der Waals surface area contributed by atoms with Crippen molar-refractivity contribution in [3.05, 3.63) is 58.9 Å². The van der Waals surface area contributed by atoms with E-state index in [0.29, 0.717) is 21.6 Å². The minimum atomic E-state index is -3.85. The lowest BCUT2D eigenvalue weighted by Gasteiger charge is -2.07. The number of carbonyl (C=O) groups excluding carboxylic acids is 1. The van der Waals surface area contributed by atoms with Crippen LogP contribution in [0.3, 0.4) is 0 Å². The van der Waals surface area contributed by atoms with Crippen LogP contribution < -0.4 is 4.72 Å². The van der Waals surface area contributed by atoms with Gasteiger partial charge in [0.15, 0.2) is 5.65 Å². The average Bonchev–Trinajstić information content (AvgIpc) is 2.87. The molecule has 0 atom stereocenters. The zero-order valence-electron chi connectivity index (χ0n) is 12.6. The minimum absolute atomic E-state index is 0.144. The van der Waals surface area contributed by atoms with Gasteiger partial charge in [-0.1, -0.05) is 23.7 Å². The minimum Gasteiger partial charge on any atom is -0.268 e. The van der Waals surface area contributed by atoms with Gasteiger partial charge in [0.2, 0.25) is 10.0 Å². The van der Waals surface area contributed by atoms with E-state index < -0.39 is 15.9 Å². The number of rotatable bonds is 4. The quantitative estimate of drug-likeness (QED) is 0.762. The summed E-state index contributed by atoms with van der Waals surface area (Å²) in [6.45, 7) is 0. The summed E-state index contributed by atoms with van der Waals surface area (Å²) >= 11 is 5.83. The lowest BCUT2D eigenvalue weighted by molar-refractivity contribution is 0.0981. The van der Waals surface area contributed by atoms with Crippen LogP contribution in [-0.2, 0) is 22.8 Å². The predicted molar refractivity (Wildman–Crippen MR) is 90.1 cm³/mol. The van der Waals surface area contributed by atoms with Gasteiger partial charge in [-0.25, -0.2) is 18.1 Å². The zero-order valence-corrected chi connectivity index (χ0v) is 14.2. The number of carbonyl (C=O) groups is 1. The Kier molecular flexibility index (Phi) is 4.25. The Morgan fingerprint density at radius 1 is 1.29 bits per heavy atom. The Balaban J connectivity index is 1.79. The highest BCUT2D eigenvalue weighted by atomic mass is 35.5. The summed E-state index contributed by atoms with van der Waals surface area (Å²) < 4.78 is 27.9. The van der Waals surface area contributed by atoms with Gasteiger partial charge in [-0.15, -0.1) is 0 Å². The van der Waals surface area contributed by atoms with E-state index in [1.54, 1.807) is 42.2 Å². The summed E-state index contributed by atoms with van der Waals surface area (Å²) in [5.41, 5.74) is 1.24. The van der Waals surface area contributed by atoms with E-state index >= 15 is 0 Å². The molecule has 9 heteroatoms. The molecule has 1 N–H and O–H groups in total. The van der Waals surface area contributed by atoms with Crippen molar-refractivity contribution in [2.24, 2.45) is 7.05 Å². The number of benzene rings is 1. The maximum atomic E-state index is 12.2. The number of fused-ring (bicyclic) bond motifs is 1. The van der Waals surface area contributed by atoms with Crippen LogP contribution in [0.15, 0.2) is 42.7 Å². The number of aryl methyl sites for hydroxylation is 1. The number of aromatic nitrogens is 3. The number of halogens is 1. The van der Waals surface area contributed by atoms with Crippen molar-refractivity contribution in [2.45, 2.75) is 5.75 Å². The van der Waals surface area contributed by atoms with Gasteiger partial charge in [-0.2, -0.15) is 5.10 Å². The molecule has 2 aromatic heterocycles. The number of hydrogen-bond donors (Lipinski definition) is 1. The second kappa shape index (κ2) is 6.21. The van der Waals surface area contributed by atoms with Crippen LogP contribution in [0.2, 0.25) is 5.02 Å². The Bertz CT molecular complexity index is 1030. The molecule has 24 heavy (non-hydrogen) atoms. The molecule has 0 saturated carbocycles. The Morgan fingerprint density at radius 3 is 2.83 bits per heavy atom. The highest BCUT2D eigenvalue weighted by Crippen LogP contribution is 2.14. The molecule has 0 spiro atoms. The maximum Gasteiger partial charge on any atom is 0.266 e. The number of nitrogens with zero attached hydrogens (tertiary/aromatic N) is 3. The van der Waals surface area contributed by atoms with Crippen molar-refractivity contribution in [3.8, 4) is 0 Å². The molecule has 0 radical (unpaired) electrons. The van der Waals surface area contributed by atoms with Crippen molar-refractivity contribution in [1.29, 1.82) is 0 Å². The van der Waals surface area contributed by atoms with Gasteiger partial charge in [0.1, 0.15) is 0 Å². The molecule has 0 saturated heterocycles. The fourth-order valence-corrected chi connectivity index (χ4v) is 3.55. The van der Waals surface area contributed by atoms with E-state index in [9.17, 15) is 13.2 Å². The van der Waals surface area contributed by atoms with Crippen molar-refractivity contribution in [3.63, 3.8) is 0 Å². The van der Waals surface area contributed by atoms with Crippen LogP contribution in [0.4, 0.5) is 0 Å². The van der Waals surface area contributed by atoms with Crippen LogP contribution in [0.1, 0.15) is 15.9 Å². The van der Waals surface area contributed by atoms with Crippen LogP contribution in [0, 0.1) is 0 Å². The fraction of sp³-hybridized carbons (Fsp3) is 0.133. The lowest BCUT2D eigenvalue weighted by atomic mass is 10.2. The molecule has 0 aliphatic carbocycles. The van der Waals surface area contributed by atoms with Gasteiger partial charge < -0.3 is 0 Å². The number of amides is 1. The molecule has 2 heterocycles. The smallest absolute Gasteiger partial charge is 0.266 e. The highest BCUT2D eigenvalue weighted by Gasteiger charge is 2.18. The predicted octanol–water partition coefficient (Wildman–Crippen LogP) is 1.88. The van der Waals surface area contributed by atoms with E-state index in [1.807, 2.05) is 4.72 Å². The van der Waals surface area contributed by atoms with Crippen molar-refractivity contribution in [2.75, 3.05) is 0 Å². The summed E-state index contributed by atoms with van der Waals surface area (Å²) in [5.74, 6) is -1.09. The largest absolute Gasteiger partial charge is 0.268 e. The SMILES string of the molecule is Cn1ncc2cc(C(=O)NS(=O)(=O)Cc3cccc(Cl)c3)cnc21. The molecule has 3 rings (SSSR count). The van der Waals surface area contributed by atoms with E-state index in [1.165, 1.54) is 12.3 Å². The molecule has 3 aromatic rings. The van der Waals surface area contributed by atoms with Crippen molar-refractivity contribution >= 4 is 38.6 Å². The molecule has 7 nitrogen and oxygen atoms in total. The second-order valence-electron chi connectivity index (χ2n) is 5.23. The molecule has 0 aliphatic heterocycles. The van der Waals surface area contributed by atoms with Crippen LogP contribution in [0.5, 0.6) is 0 Å². The standard InChI is InChI=1S/C15H13ClN4O3S/c1-20-14-11(8-18-20)6-12(7-17-14)15(21)19-24(22,23)9-10-3-2-4-13(16)5-10/h2-8H,9H2,1H3,(H,19,21). The van der Waals surface area contributed by atoms with Crippen LogP contribution in [-0.4, -0.2) is 29.1 Å². The molecule has 0 bridgehead atoms. The van der Waals surface area contributed by atoms with E-state index in [-0.39, 0.29) is 11.3 Å². The van der Waals surface area contributed by atoms with E-state index in [2.05, 4.69) is 10.1 Å². The van der Waals surface area contributed by atoms with Gasteiger partial charge in [-0.05, 0) is 23.8 Å². The zero-order chi connectivity index (χ0) is 17.3. The highest BCUT2D eigenvalue weighted by molar-refractivity contribution is 7.89. The maximum absolute atomic E-state index is 12.2. The summed E-state index contributed by atoms with van der Waals surface area (Å²) in [6.07, 6.45) is 2.87. The Morgan fingerprint density at radius 2 is 2.08 bits per heavy atom. The normalized spacial score (nSPS) is 11.6. The third-order valence-corrected chi connectivity index (χ3v) is 4.77. The third kappa shape index (κ3) is 3.55. The molecule has 124 valence electrons. The van der Waals surface area contributed by atoms with Gasteiger partial charge >= 0.3 is 0 Å². The van der Waals surface area contributed by atoms with Crippen molar-refractivity contribution in [1.82, 2.24) is 19.5 Å². The summed E-state index contributed by atoms with van der Waals surface area (Å²) in [5, 5.41) is 5.11. The van der Waals surface area contributed by atoms with Gasteiger partial charge in [0.25, 0.3) is 5.91 Å². The molecule has 0 aliphatic rings. The molecular formula is C15H13ClN4O3S. The number of pyridine rings is 1. The van der Waals surface area contributed by atoms with Gasteiger partial charge in [0, 0.05) is 23.7 Å². The van der Waals surface area contributed by atoms with Crippen molar-refractivity contribution < 1.29 is 13.2 Å². The van der Waals surface area contributed by atoms with Gasteiger partial charge in [0.05, 0.1) is 17.5 Å². The Hall–Kier alpha value is -2.45. The topological polar surface area (TPSA) is 94.0 Å². The summed E-state index contributed by atoms with van der Waals surface area (Å²) in [7, 11) is -2.13. The molecule has 1 aromatic carbocycles. The molecule has 0 fully saturated rings. The first-order valence-electron chi connectivity index (χ1n) is 6.91. The van der Waals surface area contributed by atoms with Crippen LogP contribution >= 0.6 is 11.6 Å². The summed E-state index contributed by atoms with van der Waals surface area (Å²) in [6, 6.07) is 7.99. The molecular weight excluding hydrogens is 352 g/mol. The lowest BCUT2D eigenvalue weighted by Crippen LogP contribution is -2.31. The first-order chi connectivity index (χ1) is 11.3. The Labute approximate surface area is 143 Å². The van der Waals surface area contributed by atoms with E-state index in [4.69, 9.17) is 11.6 Å². The third-order valence-electron chi connectivity index (χ3n) is 3.33. The molecule has 1 amide bonds. The number of nitrogens with one attached hydrogen (secondary N) is 1. The first-order valence-corrected chi connectivity index (χ1v) is 8.94. The van der Waals surface area contributed by atoms with Crippen LogP contribution in [0.25, 0.3) is 11.0 Å².